The van der Waals surface area contributed by atoms with Crippen LogP contribution in [0.4, 0.5) is 0 Å². The van der Waals surface area contributed by atoms with Crippen molar-refractivity contribution in [3.63, 3.8) is 0 Å². The first-order valence-electron chi connectivity index (χ1n) is 11.4. The summed E-state index contributed by atoms with van der Waals surface area (Å²) in [5.74, 6) is 0. The number of rotatable bonds is 2. The van der Waals surface area contributed by atoms with Gasteiger partial charge in [0.25, 0.3) is 0 Å². The molecule has 0 atom stereocenters. The summed E-state index contributed by atoms with van der Waals surface area (Å²) in [7, 11) is 0. The third kappa shape index (κ3) is 4.72. The third-order valence-corrected chi connectivity index (χ3v) is 7.08. The molecule has 0 saturated heterocycles. The van der Waals surface area contributed by atoms with Crippen LogP contribution >= 0.6 is 11.3 Å². The molecule has 0 bridgehead atoms. The topological polar surface area (TPSA) is 25.8 Å². The molecule has 36 heavy (non-hydrogen) atoms. The van der Waals surface area contributed by atoms with Gasteiger partial charge >= 0.3 is 0 Å². The zero-order valence-corrected chi connectivity index (χ0v) is 22.4. The maximum atomic E-state index is 4.51. The molecule has 0 aliphatic carbocycles. The molecule has 3 heterocycles. The molecule has 2 nitrogen and oxygen atoms in total. The fourth-order valence-electron chi connectivity index (χ4n) is 4.29. The van der Waals surface area contributed by atoms with E-state index in [-0.39, 0.29) is 20.1 Å². The summed E-state index contributed by atoms with van der Waals surface area (Å²) in [6.45, 7) is 0. The van der Waals surface area contributed by atoms with E-state index in [1.165, 1.54) is 30.9 Å². The average molecular weight is 657 g/mol. The molecule has 0 fully saturated rings. The SMILES string of the molecule is [Ir].[c-]1ccc2c(sc3ccc4ccccc4c32)c1-c1ccccn1.[c-]1ccccc1-c1ccccn1. The van der Waals surface area contributed by atoms with E-state index in [0.717, 1.165) is 22.5 Å². The molecule has 4 aromatic carbocycles. The van der Waals surface area contributed by atoms with Gasteiger partial charge in [-0.2, -0.15) is 11.3 Å². The Bertz CT molecular complexity index is 1690. The van der Waals surface area contributed by atoms with Crippen molar-refractivity contribution < 1.29 is 20.1 Å². The molecular weight excluding hydrogens is 637 g/mol. The molecule has 4 heteroatoms. The van der Waals surface area contributed by atoms with Crippen LogP contribution in [-0.4, -0.2) is 9.97 Å². The van der Waals surface area contributed by atoms with E-state index >= 15 is 0 Å². The monoisotopic (exact) mass is 657 g/mol. The number of fused-ring (bicyclic) bond motifs is 5. The molecule has 7 rings (SSSR count). The minimum atomic E-state index is 0. The van der Waals surface area contributed by atoms with Gasteiger partial charge in [0, 0.05) is 37.2 Å². The van der Waals surface area contributed by atoms with Gasteiger partial charge in [0.1, 0.15) is 0 Å². The zero-order chi connectivity index (χ0) is 23.5. The largest absolute Gasteiger partial charge is 0.305 e. The van der Waals surface area contributed by atoms with Gasteiger partial charge in [0.15, 0.2) is 0 Å². The summed E-state index contributed by atoms with van der Waals surface area (Å²) in [5, 5.41) is 5.23. The van der Waals surface area contributed by atoms with Crippen molar-refractivity contribution in [2.24, 2.45) is 0 Å². The van der Waals surface area contributed by atoms with Crippen LogP contribution in [0.1, 0.15) is 0 Å². The van der Waals surface area contributed by atoms with E-state index in [1.54, 1.807) is 6.20 Å². The average Bonchev–Trinajstić information content (AvgIpc) is 3.34. The van der Waals surface area contributed by atoms with Crippen LogP contribution in [0, 0.1) is 12.1 Å². The van der Waals surface area contributed by atoms with Gasteiger partial charge in [-0.05, 0) is 50.4 Å². The normalized spacial score (nSPS) is 10.6. The smallest absolute Gasteiger partial charge is 0.0246 e. The number of thiophene rings is 1. The summed E-state index contributed by atoms with van der Waals surface area (Å²) in [5.41, 5.74) is 4.08. The maximum Gasteiger partial charge on any atom is 0.0246 e. The molecule has 1 radical (unpaired) electrons. The molecule has 0 aliphatic rings. The Balaban J connectivity index is 0.000000175. The van der Waals surface area contributed by atoms with Crippen LogP contribution in [0.5, 0.6) is 0 Å². The summed E-state index contributed by atoms with van der Waals surface area (Å²) >= 11 is 1.83. The van der Waals surface area contributed by atoms with Gasteiger partial charge in [0.05, 0.1) is 0 Å². The summed E-state index contributed by atoms with van der Waals surface area (Å²) in [4.78, 5) is 8.72. The Kier molecular flexibility index (Phi) is 7.29. The van der Waals surface area contributed by atoms with Crippen molar-refractivity contribution in [2.45, 2.75) is 0 Å². The van der Waals surface area contributed by atoms with Crippen LogP contribution in [0.25, 0.3) is 53.5 Å². The predicted molar refractivity (Wildman–Crippen MR) is 147 cm³/mol. The Labute approximate surface area is 227 Å². The molecule has 0 N–H and O–H groups in total. The fourth-order valence-corrected chi connectivity index (χ4v) is 5.51. The second kappa shape index (κ2) is 10.9. The first-order valence-corrected chi connectivity index (χ1v) is 12.2. The van der Waals surface area contributed by atoms with Gasteiger partial charge in [-0.3, -0.25) is 0 Å². The van der Waals surface area contributed by atoms with Gasteiger partial charge in [-0.25, -0.2) is 0 Å². The van der Waals surface area contributed by atoms with Gasteiger partial charge < -0.3 is 9.97 Å². The van der Waals surface area contributed by atoms with Crippen LogP contribution in [0.15, 0.2) is 122 Å². The Morgan fingerprint density at radius 1 is 0.583 bits per heavy atom. The van der Waals surface area contributed by atoms with Crippen LogP contribution in [0.2, 0.25) is 0 Å². The van der Waals surface area contributed by atoms with Gasteiger partial charge in [-0.15, -0.1) is 59.7 Å². The third-order valence-electron chi connectivity index (χ3n) is 5.89. The van der Waals surface area contributed by atoms with E-state index in [4.69, 9.17) is 0 Å². The second-order valence-electron chi connectivity index (χ2n) is 8.06. The minimum Gasteiger partial charge on any atom is -0.305 e. The van der Waals surface area contributed by atoms with E-state index in [1.807, 2.05) is 84.3 Å². The number of hydrogen-bond acceptors (Lipinski definition) is 3. The van der Waals surface area contributed by atoms with E-state index in [9.17, 15) is 0 Å². The Morgan fingerprint density at radius 2 is 1.33 bits per heavy atom. The second-order valence-corrected chi connectivity index (χ2v) is 9.12. The summed E-state index contributed by atoms with van der Waals surface area (Å²) < 4.78 is 2.58. The molecule has 0 unspecified atom stereocenters. The first kappa shape index (κ1) is 24.0. The van der Waals surface area contributed by atoms with Crippen molar-refractivity contribution in [1.29, 1.82) is 0 Å². The van der Waals surface area contributed by atoms with Crippen LogP contribution in [-0.2, 0) is 20.1 Å². The van der Waals surface area contributed by atoms with Gasteiger partial charge in [0.2, 0.25) is 0 Å². The van der Waals surface area contributed by atoms with E-state index in [2.05, 4.69) is 64.6 Å². The molecule has 0 amide bonds. The molecule has 0 aliphatic heterocycles. The molecular formula is C32H20IrN2S-2. The van der Waals surface area contributed by atoms with Crippen molar-refractivity contribution in [3.8, 4) is 22.5 Å². The molecule has 175 valence electrons. The zero-order valence-electron chi connectivity index (χ0n) is 19.2. The first-order chi connectivity index (χ1) is 17.4. The number of benzene rings is 4. The van der Waals surface area contributed by atoms with Crippen molar-refractivity contribution in [3.05, 3.63) is 134 Å². The minimum absolute atomic E-state index is 0. The number of aromatic nitrogens is 2. The maximum absolute atomic E-state index is 4.51. The van der Waals surface area contributed by atoms with E-state index < -0.39 is 0 Å². The van der Waals surface area contributed by atoms with Crippen LogP contribution < -0.4 is 0 Å². The quantitative estimate of drug-likeness (QED) is 0.174. The molecule has 3 aromatic heterocycles. The number of hydrogen-bond donors (Lipinski definition) is 0. The number of pyridine rings is 2. The van der Waals surface area contributed by atoms with Crippen molar-refractivity contribution in [1.82, 2.24) is 9.97 Å². The summed E-state index contributed by atoms with van der Waals surface area (Å²) in [6.07, 6.45) is 3.63. The van der Waals surface area contributed by atoms with E-state index in [0.29, 0.717) is 0 Å². The van der Waals surface area contributed by atoms with Gasteiger partial charge in [-0.1, -0.05) is 60.0 Å². The Morgan fingerprint density at radius 3 is 2.08 bits per heavy atom. The molecule has 7 aromatic rings. The van der Waals surface area contributed by atoms with Crippen molar-refractivity contribution in [2.75, 3.05) is 0 Å². The summed E-state index contributed by atoms with van der Waals surface area (Å²) in [6, 6.07) is 43.4. The fraction of sp³-hybridized carbons (Fsp3) is 0. The number of nitrogens with zero attached hydrogens (tertiary/aromatic N) is 2. The predicted octanol–water partition coefficient (Wildman–Crippen LogP) is 8.62. The standard InChI is InChI=1S/C21H12NS.C11H8N.Ir/c1-2-7-15-14(6-1)11-12-19-20(15)17-9-5-8-16(21(17)23-19)18-10-3-4-13-22-18;1-2-6-10(7-3-1)11-8-4-5-9-12-11;/h1-7,9-13H;1-6,8-9H;/q2*-1;. The Hall–Kier alpha value is -3.69. The molecule has 0 spiro atoms. The van der Waals surface area contributed by atoms with Crippen molar-refractivity contribution >= 4 is 42.3 Å². The molecule has 0 saturated carbocycles. The van der Waals surface area contributed by atoms with Crippen LogP contribution in [0.3, 0.4) is 0 Å².